The van der Waals surface area contributed by atoms with E-state index in [1.165, 1.54) is 18.2 Å². The Labute approximate surface area is 282 Å². The normalized spacial score (nSPS) is 10.8. The molecule has 9 rings (SSSR count). The van der Waals surface area contributed by atoms with E-state index in [0.717, 1.165) is 32.3 Å². The summed E-state index contributed by atoms with van der Waals surface area (Å²) >= 11 is 0. The molecular formula is C39H29BeN3O6. The van der Waals surface area contributed by atoms with Crippen molar-refractivity contribution in [3.63, 3.8) is 0 Å². The maximum absolute atomic E-state index is 9.84. The van der Waals surface area contributed by atoms with Crippen molar-refractivity contribution < 1.29 is 30.6 Å². The molecule has 3 aromatic heterocycles. The van der Waals surface area contributed by atoms with Crippen molar-refractivity contribution in [3.05, 3.63) is 127 Å². The number of aromatic nitrogens is 3. The van der Waals surface area contributed by atoms with Crippen LogP contribution in [0.15, 0.2) is 127 Å². The number of fused-ring (bicyclic) bond motifs is 9. The van der Waals surface area contributed by atoms with Gasteiger partial charge in [-0.25, -0.2) is 15.0 Å². The Kier molecular flexibility index (Phi) is 8.68. The molecule has 0 aliphatic rings. The van der Waals surface area contributed by atoms with Gasteiger partial charge in [-0.1, -0.05) is 72.8 Å². The molecule has 0 spiro atoms. The molecule has 10 heteroatoms. The zero-order valence-corrected chi connectivity index (χ0v) is 25.1. The molecule has 0 amide bonds. The quantitative estimate of drug-likeness (QED) is 0.0726. The van der Waals surface area contributed by atoms with Crippen LogP contribution in [0, 0.1) is 0 Å². The van der Waals surface area contributed by atoms with Crippen LogP contribution in [-0.4, -0.2) is 55.7 Å². The maximum atomic E-state index is 9.84. The second-order valence-corrected chi connectivity index (χ2v) is 11.0. The van der Waals surface area contributed by atoms with Crippen molar-refractivity contribution in [2.45, 2.75) is 0 Å². The van der Waals surface area contributed by atoms with Crippen molar-refractivity contribution >= 4 is 75.1 Å². The van der Waals surface area contributed by atoms with Gasteiger partial charge in [0.1, 0.15) is 17.2 Å². The van der Waals surface area contributed by atoms with Crippen LogP contribution in [0.4, 0.5) is 0 Å². The number of nitrogens with zero attached hydrogens (tertiary/aromatic N) is 3. The molecule has 0 bridgehead atoms. The number of pyridine rings is 3. The average Bonchev–Trinajstić information content (AvgIpc) is 3.08. The summed E-state index contributed by atoms with van der Waals surface area (Å²) in [7, 11) is 0. The number of benzene rings is 6. The third kappa shape index (κ3) is 6.22. The molecule has 9 aromatic rings. The van der Waals surface area contributed by atoms with Gasteiger partial charge in [0, 0.05) is 50.5 Å². The molecule has 0 saturated heterocycles. The van der Waals surface area contributed by atoms with E-state index in [9.17, 15) is 30.6 Å². The van der Waals surface area contributed by atoms with Gasteiger partial charge in [-0.15, -0.1) is 0 Å². The van der Waals surface area contributed by atoms with E-state index in [-0.39, 0.29) is 45.0 Å². The van der Waals surface area contributed by atoms with Crippen LogP contribution in [0.2, 0.25) is 0 Å². The Morgan fingerprint density at radius 1 is 0.286 bits per heavy atom. The first kappa shape index (κ1) is 32.2. The number of rotatable bonds is 0. The van der Waals surface area contributed by atoms with Gasteiger partial charge in [0.2, 0.25) is 17.6 Å². The second kappa shape index (κ2) is 13.2. The Balaban J connectivity index is 0.000000126. The number of phenolic OH excluding ortho intramolecular Hbond substituents is 3. The standard InChI is InChI=1S/3C13H9NO2.Be.2H/c3*15-10-3-1-2-8-4-5-9-6-7-11(16)14-13(9)12(8)10;;;/h3*1-7,15H,(H,14,16);;;. The van der Waals surface area contributed by atoms with Crippen molar-refractivity contribution in [2.24, 2.45) is 0 Å². The van der Waals surface area contributed by atoms with Crippen LogP contribution < -0.4 is 0 Å². The van der Waals surface area contributed by atoms with Gasteiger partial charge in [0.25, 0.3) is 0 Å². The Hall–Kier alpha value is -6.70. The molecule has 6 aromatic carbocycles. The Morgan fingerprint density at radius 3 is 0.816 bits per heavy atom. The fraction of sp³-hybridized carbons (Fsp3) is 0. The summed E-state index contributed by atoms with van der Waals surface area (Å²) in [5.41, 5.74) is 1.86. The summed E-state index contributed by atoms with van der Waals surface area (Å²) in [6.45, 7) is 0. The summed E-state index contributed by atoms with van der Waals surface area (Å²) in [5, 5.41) is 65.1. The molecule has 0 atom stereocenters. The van der Waals surface area contributed by atoms with Crippen LogP contribution in [0.3, 0.4) is 0 Å². The third-order valence-corrected chi connectivity index (χ3v) is 8.00. The van der Waals surface area contributed by atoms with E-state index < -0.39 is 0 Å². The molecule has 49 heavy (non-hydrogen) atoms. The molecule has 0 radical (unpaired) electrons. The van der Waals surface area contributed by atoms with E-state index in [1.807, 2.05) is 54.6 Å². The third-order valence-electron chi connectivity index (χ3n) is 8.00. The van der Waals surface area contributed by atoms with Gasteiger partial charge >= 0.3 is 10.1 Å². The summed E-state index contributed by atoms with van der Waals surface area (Å²) in [5.74, 6) is 0.429. The monoisotopic (exact) mass is 644 g/mol. The molecule has 3 heterocycles. The first-order valence-corrected chi connectivity index (χ1v) is 14.9. The molecule has 9 nitrogen and oxygen atoms in total. The van der Waals surface area contributed by atoms with Crippen LogP contribution in [0.1, 0.15) is 0 Å². The first-order chi connectivity index (χ1) is 23.3. The van der Waals surface area contributed by atoms with Crippen LogP contribution in [-0.2, 0) is 0 Å². The number of phenols is 3. The van der Waals surface area contributed by atoms with Gasteiger partial charge in [-0.05, 0) is 52.6 Å². The summed E-state index contributed by atoms with van der Waals surface area (Å²) in [6, 6.07) is 37.4. The number of hydrogen-bond acceptors (Lipinski definition) is 9. The van der Waals surface area contributed by atoms with E-state index in [0.29, 0.717) is 32.7 Å². The zero-order valence-electron chi connectivity index (χ0n) is 25.1. The van der Waals surface area contributed by atoms with E-state index in [4.69, 9.17) is 0 Å². The van der Waals surface area contributed by atoms with Gasteiger partial charge in [0.05, 0.1) is 16.6 Å². The number of hydrogen-bond donors (Lipinski definition) is 6. The van der Waals surface area contributed by atoms with Crippen molar-refractivity contribution in [1.29, 1.82) is 0 Å². The van der Waals surface area contributed by atoms with Gasteiger partial charge in [0.15, 0.2) is 0 Å². The molecular weight excluding hydrogens is 615 g/mol. The average molecular weight is 645 g/mol. The van der Waals surface area contributed by atoms with Gasteiger partial charge in [-0.3, -0.25) is 0 Å². The first-order valence-electron chi connectivity index (χ1n) is 14.9. The van der Waals surface area contributed by atoms with E-state index in [1.54, 1.807) is 54.6 Å². The molecule has 0 unspecified atom stereocenters. The zero-order chi connectivity index (χ0) is 33.4. The van der Waals surface area contributed by atoms with Crippen molar-refractivity contribution in [3.8, 4) is 34.9 Å². The predicted octanol–water partition coefficient (Wildman–Crippen LogP) is 7.48. The minimum atomic E-state index is -0.0387. The van der Waals surface area contributed by atoms with Gasteiger partial charge < -0.3 is 30.6 Å². The van der Waals surface area contributed by atoms with Crippen LogP contribution in [0.5, 0.6) is 34.9 Å². The fourth-order valence-corrected chi connectivity index (χ4v) is 5.78. The predicted molar refractivity (Wildman–Crippen MR) is 196 cm³/mol. The number of aromatic hydroxyl groups is 6. The Morgan fingerprint density at radius 2 is 0.531 bits per heavy atom. The summed E-state index contributed by atoms with van der Waals surface area (Å²) in [4.78, 5) is 12.2. The molecule has 0 saturated carbocycles. The van der Waals surface area contributed by atoms with Crippen LogP contribution >= 0.6 is 0 Å². The molecule has 0 aliphatic heterocycles. The molecule has 0 aliphatic carbocycles. The van der Waals surface area contributed by atoms with Crippen LogP contribution in [0.25, 0.3) is 65.0 Å². The summed E-state index contributed by atoms with van der Waals surface area (Å²) in [6.07, 6.45) is 0. The minimum absolute atomic E-state index is 0. The SMILES string of the molecule is Oc1ccc2ccc3cccc(O)c3c2n1.Oc1ccc2ccc3cccc(O)c3c2n1.Oc1ccc2ccc3cccc(O)c3c2n1.[BeH2]. The van der Waals surface area contributed by atoms with E-state index in [2.05, 4.69) is 15.0 Å². The fourth-order valence-electron chi connectivity index (χ4n) is 5.78. The van der Waals surface area contributed by atoms with Crippen molar-refractivity contribution in [2.75, 3.05) is 0 Å². The topological polar surface area (TPSA) is 160 Å². The molecule has 238 valence electrons. The molecule has 0 fully saturated rings. The van der Waals surface area contributed by atoms with Crippen molar-refractivity contribution in [1.82, 2.24) is 15.0 Å². The second-order valence-electron chi connectivity index (χ2n) is 11.0. The van der Waals surface area contributed by atoms with Gasteiger partial charge in [-0.2, -0.15) is 0 Å². The molecule has 6 N–H and O–H groups in total. The Bertz CT molecular complexity index is 2380. The summed E-state index contributed by atoms with van der Waals surface area (Å²) < 4.78 is 0. The van der Waals surface area contributed by atoms with E-state index >= 15 is 0 Å².